The van der Waals surface area contributed by atoms with Gasteiger partial charge in [-0.3, -0.25) is 9.98 Å². The highest BCUT2D eigenvalue weighted by Gasteiger charge is 1.93. The smallest absolute Gasteiger partial charge is 0.118 e. The van der Waals surface area contributed by atoms with Gasteiger partial charge in [0.2, 0.25) is 0 Å². The maximum atomic E-state index is 5.50. The van der Waals surface area contributed by atoms with Crippen LogP contribution in [0.25, 0.3) is 0 Å². The van der Waals surface area contributed by atoms with Crippen LogP contribution < -0.4 is 9.47 Å². The minimum Gasteiger partial charge on any atom is -0.497 e. The first-order valence-electron chi connectivity index (χ1n) is 9.25. The fraction of sp³-hybridized carbons (Fsp3) is 0.364. The van der Waals surface area contributed by atoms with E-state index in [0.717, 1.165) is 22.6 Å². The van der Waals surface area contributed by atoms with Crippen LogP contribution in [0.1, 0.15) is 11.1 Å². The zero-order valence-electron chi connectivity index (χ0n) is 16.5. The molecule has 0 aliphatic rings. The molecule has 0 saturated carbocycles. The van der Waals surface area contributed by atoms with Gasteiger partial charge in [0, 0.05) is 12.4 Å². The Morgan fingerprint density at radius 3 is 1.36 bits per heavy atom. The fourth-order valence-corrected chi connectivity index (χ4v) is 2.28. The van der Waals surface area contributed by atoms with Crippen molar-refractivity contribution in [2.75, 3.05) is 53.7 Å². The van der Waals surface area contributed by atoms with Crippen LogP contribution in [-0.4, -0.2) is 66.2 Å². The number of methoxy groups -OCH3 is 2. The summed E-state index contributed by atoms with van der Waals surface area (Å²) in [6.45, 7) is 3.51. The zero-order valence-corrected chi connectivity index (χ0v) is 16.5. The van der Waals surface area contributed by atoms with Crippen molar-refractivity contribution in [1.82, 2.24) is 0 Å². The van der Waals surface area contributed by atoms with Gasteiger partial charge in [-0.1, -0.05) is 0 Å². The Hall–Kier alpha value is -2.70. The molecule has 0 aliphatic heterocycles. The molecule has 0 heterocycles. The molecule has 0 aromatic heterocycles. The van der Waals surface area contributed by atoms with Gasteiger partial charge in [-0.2, -0.15) is 0 Å². The van der Waals surface area contributed by atoms with Crippen molar-refractivity contribution in [1.29, 1.82) is 0 Å². The summed E-state index contributed by atoms with van der Waals surface area (Å²) >= 11 is 0. The molecule has 0 aliphatic carbocycles. The van der Waals surface area contributed by atoms with Gasteiger partial charge >= 0.3 is 0 Å². The quantitative estimate of drug-likeness (QED) is 0.393. The van der Waals surface area contributed by atoms with Gasteiger partial charge < -0.3 is 18.9 Å². The molecule has 6 heteroatoms. The van der Waals surface area contributed by atoms with E-state index in [1.165, 1.54) is 0 Å². The highest BCUT2D eigenvalue weighted by atomic mass is 16.5. The molecule has 0 N–H and O–H groups in total. The van der Waals surface area contributed by atoms with E-state index in [9.17, 15) is 0 Å². The molecule has 2 rings (SSSR count). The standard InChI is InChI=1S/C22H28N2O4/c1-25-21-7-3-19(4-8-21)17-23-11-13-27-15-16-28-14-12-24-18-20-5-9-22(26-2)10-6-20/h3-10,17-18H,11-16H2,1-2H3. The first-order valence-corrected chi connectivity index (χ1v) is 9.25. The molecular weight excluding hydrogens is 356 g/mol. The Bertz CT molecular complexity index is 649. The Morgan fingerprint density at radius 1 is 0.607 bits per heavy atom. The van der Waals surface area contributed by atoms with Crippen molar-refractivity contribution in [2.24, 2.45) is 9.98 Å². The first kappa shape index (κ1) is 21.6. The van der Waals surface area contributed by atoms with Crippen LogP contribution in [0, 0.1) is 0 Å². The summed E-state index contributed by atoms with van der Waals surface area (Å²) in [5, 5.41) is 0. The lowest BCUT2D eigenvalue weighted by atomic mass is 10.2. The predicted octanol–water partition coefficient (Wildman–Crippen LogP) is 3.28. The third-order valence-electron chi connectivity index (χ3n) is 3.81. The lowest BCUT2D eigenvalue weighted by Crippen LogP contribution is -2.08. The minimum atomic E-state index is 0.556. The van der Waals surface area contributed by atoms with Crippen molar-refractivity contribution in [2.45, 2.75) is 0 Å². The fourth-order valence-electron chi connectivity index (χ4n) is 2.28. The van der Waals surface area contributed by atoms with Gasteiger partial charge in [0.05, 0.1) is 53.7 Å². The first-order chi connectivity index (χ1) is 13.8. The summed E-state index contributed by atoms with van der Waals surface area (Å²) in [5.74, 6) is 1.68. The maximum absolute atomic E-state index is 5.50. The number of hydrogen-bond donors (Lipinski definition) is 0. The molecule has 0 amide bonds. The van der Waals surface area contributed by atoms with Gasteiger partial charge in [-0.25, -0.2) is 0 Å². The van der Waals surface area contributed by atoms with E-state index in [1.807, 2.05) is 61.0 Å². The van der Waals surface area contributed by atoms with Crippen LogP contribution in [-0.2, 0) is 9.47 Å². The molecule has 0 radical (unpaired) electrons. The van der Waals surface area contributed by atoms with E-state index in [1.54, 1.807) is 14.2 Å². The van der Waals surface area contributed by atoms with Crippen molar-refractivity contribution in [3.05, 3.63) is 59.7 Å². The van der Waals surface area contributed by atoms with Gasteiger partial charge in [0.1, 0.15) is 11.5 Å². The summed E-state index contributed by atoms with van der Waals surface area (Å²) in [4.78, 5) is 8.67. The second kappa shape index (κ2) is 13.5. The SMILES string of the molecule is COc1ccc(C=NCCOCCOCCN=Cc2ccc(OC)cc2)cc1. The van der Waals surface area contributed by atoms with E-state index in [2.05, 4.69) is 9.98 Å². The van der Waals surface area contributed by atoms with Gasteiger partial charge in [-0.05, 0) is 59.7 Å². The average molecular weight is 384 g/mol. The van der Waals surface area contributed by atoms with Gasteiger partial charge in [-0.15, -0.1) is 0 Å². The largest absolute Gasteiger partial charge is 0.497 e. The van der Waals surface area contributed by atoms with E-state index < -0.39 is 0 Å². The average Bonchev–Trinajstić information content (AvgIpc) is 2.75. The van der Waals surface area contributed by atoms with Crippen LogP contribution in [0.4, 0.5) is 0 Å². The van der Waals surface area contributed by atoms with E-state index in [4.69, 9.17) is 18.9 Å². The maximum Gasteiger partial charge on any atom is 0.118 e. The lowest BCUT2D eigenvalue weighted by molar-refractivity contribution is 0.0541. The van der Waals surface area contributed by atoms with Crippen LogP contribution in [0.5, 0.6) is 11.5 Å². The highest BCUT2D eigenvalue weighted by Crippen LogP contribution is 2.10. The molecule has 0 spiro atoms. The molecule has 2 aromatic rings. The van der Waals surface area contributed by atoms with Crippen LogP contribution >= 0.6 is 0 Å². The number of hydrogen-bond acceptors (Lipinski definition) is 6. The Morgan fingerprint density at radius 2 is 1.00 bits per heavy atom. The second-order valence-electron chi connectivity index (χ2n) is 5.84. The molecule has 6 nitrogen and oxygen atoms in total. The second-order valence-corrected chi connectivity index (χ2v) is 5.84. The van der Waals surface area contributed by atoms with Crippen molar-refractivity contribution >= 4 is 12.4 Å². The summed E-state index contributed by atoms with van der Waals surface area (Å²) in [6.07, 6.45) is 3.67. The van der Waals surface area contributed by atoms with Crippen LogP contribution in [0.15, 0.2) is 58.5 Å². The van der Waals surface area contributed by atoms with Crippen molar-refractivity contribution in [3.63, 3.8) is 0 Å². The highest BCUT2D eigenvalue weighted by molar-refractivity contribution is 5.80. The molecule has 0 saturated heterocycles. The third-order valence-corrected chi connectivity index (χ3v) is 3.81. The molecule has 0 unspecified atom stereocenters. The van der Waals surface area contributed by atoms with Gasteiger partial charge in [0.25, 0.3) is 0 Å². The summed E-state index contributed by atoms with van der Waals surface area (Å²) < 4.78 is 21.2. The Balaban J connectivity index is 1.44. The van der Waals surface area contributed by atoms with Crippen molar-refractivity contribution < 1.29 is 18.9 Å². The van der Waals surface area contributed by atoms with Crippen LogP contribution in [0.3, 0.4) is 0 Å². The normalized spacial score (nSPS) is 11.4. The summed E-state index contributed by atoms with van der Waals surface area (Å²) in [6, 6.07) is 15.5. The van der Waals surface area contributed by atoms with Gasteiger partial charge in [0.15, 0.2) is 0 Å². The Labute approximate surface area is 166 Å². The van der Waals surface area contributed by atoms with Crippen molar-refractivity contribution in [3.8, 4) is 11.5 Å². The number of benzene rings is 2. The molecule has 28 heavy (non-hydrogen) atoms. The zero-order chi connectivity index (χ0) is 19.9. The molecule has 0 fully saturated rings. The molecule has 0 bridgehead atoms. The molecular formula is C22H28N2O4. The van der Waals surface area contributed by atoms with E-state index in [-0.39, 0.29) is 0 Å². The number of ether oxygens (including phenoxy) is 4. The number of rotatable bonds is 13. The monoisotopic (exact) mass is 384 g/mol. The summed E-state index contributed by atoms with van der Waals surface area (Å²) in [7, 11) is 3.31. The minimum absolute atomic E-state index is 0.556. The lowest BCUT2D eigenvalue weighted by Gasteiger charge is -2.03. The predicted molar refractivity (Wildman–Crippen MR) is 113 cm³/mol. The molecule has 150 valence electrons. The molecule has 2 aromatic carbocycles. The Kier molecular flexibility index (Phi) is 10.4. The number of nitrogens with zero attached hydrogens (tertiary/aromatic N) is 2. The third kappa shape index (κ3) is 8.79. The van der Waals surface area contributed by atoms with E-state index in [0.29, 0.717) is 39.5 Å². The topological polar surface area (TPSA) is 61.6 Å². The number of aliphatic imine (C=N–C) groups is 2. The molecule has 0 atom stereocenters. The summed E-state index contributed by atoms with van der Waals surface area (Å²) in [5.41, 5.74) is 2.08. The van der Waals surface area contributed by atoms with Crippen LogP contribution in [0.2, 0.25) is 0 Å². The van der Waals surface area contributed by atoms with E-state index >= 15 is 0 Å².